The van der Waals surface area contributed by atoms with E-state index in [-0.39, 0.29) is 12.1 Å². The van der Waals surface area contributed by atoms with Crippen molar-refractivity contribution in [2.75, 3.05) is 6.54 Å². The zero-order valence-electron chi connectivity index (χ0n) is 11.9. The first-order chi connectivity index (χ1) is 7.86. The molecule has 17 heavy (non-hydrogen) atoms. The topological polar surface area (TPSA) is 38.3 Å². The van der Waals surface area contributed by atoms with Gasteiger partial charge in [0.25, 0.3) is 0 Å². The van der Waals surface area contributed by atoms with Crippen LogP contribution in [0.1, 0.15) is 53.9 Å². The van der Waals surface area contributed by atoms with E-state index in [1.807, 2.05) is 20.8 Å². The molecule has 0 saturated heterocycles. The third-order valence-corrected chi connectivity index (χ3v) is 3.95. The number of ether oxygens (including phenoxy) is 1. The molecule has 0 aromatic heterocycles. The van der Waals surface area contributed by atoms with Crippen LogP contribution in [0.25, 0.3) is 0 Å². The highest BCUT2D eigenvalue weighted by atomic mass is 16.5. The first-order valence-electron chi connectivity index (χ1n) is 6.83. The Morgan fingerprint density at radius 1 is 1.29 bits per heavy atom. The summed E-state index contributed by atoms with van der Waals surface area (Å²) in [5.74, 6) is 1.29. The monoisotopic (exact) mass is 241 g/mol. The molecular weight excluding hydrogens is 214 g/mol. The van der Waals surface area contributed by atoms with Crippen molar-refractivity contribution in [2.24, 2.45) is 11.8 Å². The highest BCUT2D eigenvalue weighted by Gasteiger charge is 2.33. The summed E-state index contributed by atoms with van der Waals surface area (Å²) in [6.45, 7) is 11.1. The number of nitrogens with one attached hydrogen (secondary N) is 1. The number of hydrogen-bond acceptors (Lipinski definition) is 3. The molecule has 1 aliphatic carbocycles. The molecule has 1 rings (SSSR count). The molecule has 1 saturated carbocycles. The lowest BCUT2D eigenvalue weighted by molar-refractivity contribution is -0.158. The van der Waals surface area contributed by atoms with Crippen LogP contribution in [-0.4, -0.2) is 24.2 Å². The molecule has 1 fully saturated rings. The van der Waals surface area contributed by atoms with Crippen molar-refractivity contribution in [3.63, 3.8) is 0 Å². The molecule has 0 amide bonds. The highest BCUT2D eigenvalue weighted by molar-refractivity contribution is 5.79. The summed E-state index contributed by atoms with van der Waals surface area (Å²) in [5, 5.41) is 3.16. The maximum atomic E-state index is 12.0. The molecule has 1 aliphatic rings. The van der Waals surface area contributed by atoms with E-state index in [2.05, 4.69) is 19.2 Å². The normalized spacial score (nSPS) is 30.1. The van der Waals surface area contributed by atoms with Crippen LogP contribution in [0.5, 0.6) is 0 Å². The van der Waals surface area contributed by atoms with Crippen LogP contribution < -0.4 is 5.32 Å². The Balaban J connectivity index is 2.46. The van der Waals surface area contributed by atoms with Gasteiger partial charge in [-0.15, -0.1) is 0 Å². The van der Waals surface area contributed by atoms with Crippen molar-refractivity contribution in [2.45, 2.75) is 65.5 Å². The van der Waals surface area contributed by atoms with Gasteiger partial charge < -0.3 is 10.1 Å². The minimum absolute atomic E-state index is 0.117. The van der Waals surface area contributed by atoms with Gasteiger partial charge in [0.1, 0.15) is 11.6 Å². The first-order valence-corrected chi connectivity index (χ1v) is 6.83. The molecule has 100 valence electrons. The Morgan fingerprint density at radius 3 is 2.47 bits per heavy atom. The van der Waals surface area contributed by atoms with Crippen LogP contribution in [0.15, 0.2) is 0 Å². The maximum absolute atomic E-state index is 12.0. The van der Waals surface area contributed by atoms with E-state index in [9.17, 15) is 4.79 Å². The second-order valence-electron chi connectivity index (χ2n) is 5.95. The Morgan fingerprint density at radius 2 is 1.94 bits per heavy atom. The van der Waals surface area contributed by atoms with Gasteiger partial charge in [-0.25, -0.2) is 0 Å². The van der Waals surface area contributed by atoms with Crippen LogP contribution in [0.3, 0.4) is 0 Å². The molecule has 0 aromatic carbocycles. The SMILES string of the molecule is CCNC(C)(C)C(=O)OC1CCC(C)C(C)C1. The first kappa shape index (κ1) is 14.5. The Bertz CT molecular complexity index is 263. The predicted molar refractivity (Wildman–Crippen MR) is 69.8 cm³/mol. The summed E-state index contributed by atoms with van der Waals surface area (Å²) < 4.78 is 5.63. The molecular formula is C14H27NO2. The zero-order chi connectivity index (χ0) is 13.1. The number of carbonyl (C=O) groups excluding carboxylic acids is 1. The zero-order valence-corrected chi connectivity index (χ0v) is 11.9. The smallest absolute Gasteiger partial charge is 0.326 e. The van der Waals surface area contributed by atoms with E-state index in [0.717, 1.165) is 25.3 Å². The highest BCUT2D eigenvalue weighted by Crippen LogP contribution is 2.31. The lowest BCUT2D eigenvalue weighted by Gasteiger charge is -2.34. The lowest BCUT2D eigenvalue weighted by Crippen LogP contribution is -2.49. The van der Waals surface area contributed by atoms with Gasteiger partial charge in [-0.3, -0.25) is 4.79 Å². The van der Waals surface area contributed by atoms with Gasteiger partial charge in [0.05, 0.1) is 0 Å². The summed E-state index contributed by atoms with van der Waals surface area (Å²) in [6.07, 6.45) is 3.31. The Labute approximate surface area is 105 Å². The van der Waals surface area contributed by atoms with Crippen molar-refractivity contribution < 1.29 is 9.53 Å². The van der Waals surface area contributed by atoms with E-state index < -0.39 is 5.54 Å². The van der Waals surface area contributed by atoms with E-state index in [4.69, 9.17) is 4.74 Å². The van der Waals surface area contributed by atoms with Gasteiger partial charge in [0, 0.05) is 0 Å². The van der Waals surface area contributed by atoms with Gasteiger partial charge in [0.15, 0.2) is 0 Å². The molecule has 0 heterocycles. The molecule has 3 heteroatoms. The summed E-state index contributed by atoms with van der Waals surface area (Å²) >= 11 is 0. The third kappa shape index (κ3) is 3.98. The lowest BCUT2D eigenvalue weighted by atomic mass is 9.80. The molecule has 0 bridgehead atoms. The molecule has 1 N–H and O–H groups in total. The number of rotatable bonds is 4. The van der Waals surface area contributed by atoms with Gasteiger partial charge in [0.2, 0.25) is 0 Å². The van der Waals surface area contributed by atoms with Gasteiger partial charge in [-0.2, -0.15) is 0 Å². The summed E-state index contributed by atoms with van der Waals surface area (Å²) in [5.41, 5.74) is -0.568. The van der Waals surface area contributed by atoms with Gasteiger partial charge >= 0.3 is 5.97 Å². The van der Waals surface area contributed by atoms with Crippen LogP contribution in [0, 0.1) is 11.8 Å². The van der Waals surface area contributed by atoms with Crippen molar-refractivity contribution in [3.05, 3.63) is 0 Å². The van der Waals surface area contributed by atoms with E-state index >= 15 is 0 Å². The summed E-state index contributed by atoms with van der Waals surface area (Å²) in [7, 11) is 0. The number of likely N-dealkylation sites (N-methyl/N-ethyl adjacent to an activating group) is 1. The Hall–Kier alpha value is -0.570. The van der Waals surface area contributed by atoms with Crippen LogP contribution >= 0.6 is 0 Å². The standard InChI is InChI=1S/C14H27NO2/c1-6-15-14(4,5)13(16)17-12-8-7-10(2)11(3)9-12/h10-12,15H,6-9H2,1-5H3. The van der Waals surface area contributed by atoms with Gasteiger partial charge in [-0.05, 0) is 51.5 Å². The largest absolute Gasteiger partial charge is 0.461 e. The number of hydrogen-bond donors (Lipinski definition) is 1. The van der Waals surface area contributed by atoms with Crippen molar-refractivity contribution >= 4 is 5.97 Å². The molecule has 3 nitrogen and oxygen atoms in total. The minimum Gasteiger partial charge on any atom is -0.461 e. The van der Waals surface area contributed by atoms with Crippen molar-refractivity contribution in [1.82, 2.24) is 5.32 Å². The van der Waals surface area contributed by atoms with E-state index in [0.29, 0.717) is 5.92 Å². The van der Waals surface area contributed by atoms with Crippen molar-refractivity contribution in [1.29, 1.82) is 0 Å². The number of esters is 1. The van der Waals surface area contributed by atoms with Crippen molar-refractivity contribution in [3.8, 4) is 0 Å². The molecule has 0 aromatic rings. The average molecular weight is 241 g/mol. The molecule has 0 spiro atoms. The molecule has 0 radical (unpaired) electrons. The average Bonchev–Trinajstić information content (AvgIpc) is 2.23. The fraction of sp³-hybridized carbons (Fsp3) is 0.929. The Kier molecular flexibility index (Phi) is 4.99. The quantitative estimate of drug-likeness (QED) is 0.769. The summed E-state index contributed by atoms with van der Waals surface area (Å²) in [4.78, 5) is 12.0. The number of carbonyl (C=O) groups is 1. The minimum atomic E-state index is -0.568. The fourth-order valence-electron chi connectivity index (χ4n) is 2.42. The van der Waals surface area contributed by atoms with Gasteiger partial charge in [-0.1, -0.05) is 20.8 Å². The fourth-order valence-corrected chi connectivity index (χ4v) is 2.42. The van der Waals surface area contributed by atoms with E-state index in [1.54, 1.807) is 0 Å². The molecule has 3 atom stereocenters. The molecule has 3 unspecified atom stereocenters. The van der Waals surface area contributed by atoms with Crippen LogP contribution in [0.4, 0.5) is 0 Å². The second kappa shape index (κ2) is 5.85. The van der Waals surface area contributed by atoms with E-state index in [1.165, 1.54) is 6.42 Å². The second-order valence-corrected chi connectivity index (χ2v) is 5.95. The van der Waals surface area contributed by atoms with Crippen LogP contribution in [-0.2, 0) is 9.53 Å². The molecule has 0 aliphatic heterocycles. The summed E-state index contributed by atoms with van der Waals surface area (Å²) in [6, 6.07) is 0. The maximum Gasteiger partial charge on any atom is 0.326 e. The predicted octanol–water partition coefficient (Wildman–Crippen LogP) is 2.74. The third-order valence-electron chi connectivity index (χ3n) is 3.95. The van der Waals surface area contributed by atoms with Crippen LogP contribution in [0.2, 0.25) is 0 Å².